The van der Waals surface area contributed by atoms with Crippen LogP contribution in [0.3, 0.4) is 0 Å². The van der Waals surface area contributed by atoms with Gasteiger partial charge in [0, 0.05) is 14.5 Å². The van der Waals surface area contributed by atoms with Crippen molar-refractivity contribution in [2.24, 2.45) is 0 Å². The number of hydrogen-bond donors (Lipinski definition) is 0. The number of unbranched alkanes of at least 4 members (excludes halogenated alkanes) is 11. The van der Waals surface area contributed by atoms with E-state index in [0.717, 1.165) is 0 Å². The average molecular weight is 807 g/mol. The molecule has 0 fully saturated rings. The molecule has 0 unspecified atom stereocenters. The Morgan fingerprint density at radius 2 is 0.513 bits per heavy atom. The first-order valence-electron chi connectivity index (χ1n) is 16.8. The van der Waals surface area contributed by atoms with Gasteiger partial charge in [-0.3, -0.25) is 0 Å². The molecule has 0 aromatic heterocycles. The summed E-state index contributed by atoms with van der Waals surface area (Å²) in [5.74, 6) is 0. The molecule has 0 saturated carbocycles. The van der Waals surface area contributed by atoms with Crippen LogP contribution >= 0.6 is 63.2 Å². The molecule has 0 amide bonds. The molecule has 0 rings (SSSR count). The molecule has 0 aromatic carbocycles. The summed E-state index contributed by atoms with van der Waals surface area (Å²) in [6.45, 7) is 14.4. The second kappa shape index (κ2) is 29.6. The molecule has 245 valence electrons. The minimum absolute atomic E-state index is 0.657. The van der Waals surface area contributed by atoms with Gasteiger partial charge in [0.05, 0.1) is 49.3 Å². The summed E-state index contributed by atoms with van der Waals surface area (Å²) in [5, 5.41) is 0. The predicted octanol–water partition coefficient (Wildman–Crippen LogP) is 15.2. The van der Waals surface area contributed by atoms with Gasteiger partial charge in [0.1, 0.15) is 0 Å². The van der Waals surface area contributed by atoms with Crippen LogP contribution < -0.4 is 0 Å². The van der Waals surface area contributed by atoms with Gasteiger partial charge in [-0.05, 0) is 64.2 Å². The van der Waals surface area contributed by atoms with Crippen molar-refractivity contribution in [1.82, 2.24) is 0 Å². The average Bonchev–Trinajstić information content (AvgIpc) is 2.90. The fourth-order valence-corrected chi connectivity index (χ4v) is 16.3. The van der Waals surface area contributed by atoms with E-state index >= 15 is 0 Å². The van der Waals surface area contributed by atoms with E-state index in [1.165, 1.54) is 103 Å². The number of hydrogen-bond acceptors (Lipinski definition) is 0. The van der Waals surface area contributed by atoms with Gasteiger partial charge in [-0.15, -0.1) is 0 Å². The van der Waals surface area contributed by atoms with E-state index in [4.69, 9.17) is 20.3 Å². The van der Waals surface area contributed by atoms with E-state index in [1.807, 2.05) is 0 Å². The van der Waals surface area contributed by atoms with Gasteiger partial charge >= 0.3 is 55.9 Å². The topological polar surface area (TPSA) is 0 Å². The zero-order valence-electron chi connectivity index (χ0n) is 27.1. The molecule has 0 aliphatic rings. The van der Waals surface area contributed by atoms with E-state index in [1.54, 1.807) is 62.1 Å². The van der Waals surface area contributed by atoms with Gasteiger partial charge < -0.3 is 0 Å². The third kappa shape index (κ3) is 29.4. The molecule has 7 heteroatoms. The monoisotopic (exact) mass is 803 g/mol. The van der Waals surface area contributed by atoms with E-state index in [-0.39, 0.29) is 0 Å². The van der Waals surface area contributed by atoms with Crippen LogP contribution in [0, 0.1) is 0 Å². The molecule has 0 aliphatic heterocycles. The van der Waals surface area contributed by atoms with Gasteiger partial charge in [-0.25, -0.2) is 0 Å². The fourth-order valence-electron chi connectivity index (χ4n) is 5.90. The van der Waals surface area contributed by atoms with E-state index < -0.39 is 21.8 Å². The van der Waals surface area contributed by atoms with Crippen LogP contribution in [0.4, 0.5) is 0 Å². The number of halogens is 4. The van der Waals surface area contributed by atoms with Crippen molar-refractivity contribution in [3.63, 3.8) is 0 Å². The van der Waals surface area contributed by atoms with Crippen LogP contribution in [0.25, 0.3) is 0 Å². The van der Waals surface area contributed by atoms with Gasteiger partial charge in [0.15, 0.2) is 0 Å². The Balaban J connectivity index is 0. The van der Waals surface area contributed by atoms with Crippen molar-refractivity contribution in [2.75, 3.05) is 49.3 Å². The fraction of sp³-hybridized carbons (Fsp3) is 1.00. The van der Waals surface area contributed by atoms with Gasteiger partial charge in [0.25, 0.3) is 0 Å². The van der Waals surface area contributed by atoms with E-state index in [9.17, 15) is 0 Å². The summed E-state index contributed by atoms with van der Waals surface area (Å²) >= 11 is 5.86. The van der Waals surface area contributed by atoms with Crippen molar-refractivity contribution in [2.45, 2.75) is 157 Å². The quantitative estimate of drug-likeness (QED) is 0.0573. The summed E-state index contributed by atoms with van der Waals surface area (Å²) in [4.78, 5) is 0. The minimum atomic E-state index is -1.81. The van der Waals surface area contributed by atoms with Crippen molar-refractivity contribution >= 4 is 63.2 Å². The Kier molecular flexibility index (Phi) is 33.4. The van der Waals surface area contributed by atoms with E-state index in [0.29, 0.717) is 0 Å². The van der Waals surface area contributed by atoms with Crippen LogP contribution in [0.15, 0.2) is 0 Å². The van der Waals surface area contributed by atoms with Gasteiger partial charge in [-0.1, -0.05) is 92.9 Å². The molecule has 0 aliphatic carbocycles. The zero-order valence-corrected chi connectivity index (χ0v) is 34.6. The van der Waals surface area contributed by atoms with Gasteiger partial charge in [0.2, 0.25) is 0 Å². The second-order valence-electron chi connectivity index (χ2n) is 12.0. The molecule has 0 radical (unpaired) electrons. The van der Waals surface area contributed by atoms with Crippen LogP contribution in [-0.4, -0.2) is 49.3 Å². The first-order valence-corrected chi connectivity index (χ1v) is 29.8. The summed E-state index contributed by atoms with van der Waals surface area (Å²) in [6, 6.07) is 0. The third-order valence-electron chi connectivity index (χ3n) is 8.43. The molecule has 0 saturated heterocycles. The third-order valence-corrected chi connectivity index (χ3v) is 18.6. The maximum atomic E-state index is 5.24. The van der Waals surface area contributed by atoms with Crippen LogP contribution in [0.1, 0.15) is 157 Å². The molecule has 0 heterocycles. The van der Waals surface area contributed by atoms with Crippen molar-refractivity contribution in [3.05, 3.63) is 0 Å². The molecular formula is C32H70Br2Cl2CoP2. The molecule has 39 heavy (non-hydrogen) atoms. The van der Waals surface area contributed by atoms with Crippen LogP contribution in [-0.2, 0) is 7.23 Å². The standard InChI is InChI=1S/C32H70P2.2BrH.2ClH.Co/c1-7-13-25-33(26-14-8-2,27-15-9-3)31-23-21-19-20-22-24-32-34(28-16-10-4,29-17-11-5)30-18-12-6;;;;;/h7-32H2,1-6H3;4*1H;/q+2;;;;;+2/p-4. The normalized spacial score (nSPS) is 12.9. The summed E-state index contributed by atoms with van der Waals surface area (Å²) in [5.41, 5.74) is 0. The predicted molar refractivity (Wildman–Crippen MR) is 199 cm³/mol. The first-order chi connectivity index (χ1) is 18.6. The summed E-state index contributed by atoms with van der Waals surface area (Å²) in [6.07, 6.45) is 39.5. The molecule has 0 spiro atoms. The van der Waals surface area contributed by atoms with Crippen LogP contribution in [0.2, 0.25) is 0 Å². The maximum absolute atomic E-state index is 5.24. The van der Waals surface area contributed by atoms with Crippen molar-refractivity contribution < 1.29 is 7.23 Å². The Bertz CT molecular complexity index is 420. The molecule has 0 nitrogen and oxygen atoms in total. The molecule has 0 N–H and O–H groups in total. The summed E-state index contributed by atoms with van der Waals surface area (Å²) < 4.78 is 0. The van der Waals surface area contributed by atoms with Crippen molar-refractivity contribution in [1.29, 1.82) is 0 Å². The molecule has 0 aromatic rings. The van der Waals surface area contributed by atoms with Gasteiger partial charge in [-0.2, -0.15) is 0 Å². The Hall–Kier alpha value is 2.91. The Labute approximate surface area is 274 Å². The molecule has 0 atom stereocenters. The summed E-state index contributed by atoms with van der Waals surface area (Å²) in [7, 11) is 7.36. The number of rotatable bonds is 27. The van der Waals surface area contributed by atoms with E-state index in [2.05, 4.69) is 69.9 Å². The zero-order chi connectivity index (χ0) is 29.9. The van der Waals surface area contributed by atoms with Crippen LogP contribution in [0.5, 0.6) is 0 Å². The first kappa shape index (κ1) is 44.0. The molecule has 0 bridgehead atoms. The Morgan fingerprint density at radius 3 is 0.692 bits per heavy atom. The SMILES string of the molecule is CCCC[P+](CCCC)(CCCC)CCCCCCCC[P+](CCCC)(CCCC)CCCC.[Cl][Co-2]([Cl])([Br])[Br]. The molecular weight excluding hydrogens is 736 g/mol. The Morgan fingerprint density at radius 1 is 0.359 bits per heavy atom. The second-order valence-corrected chi connectivity index (χ2v) is 40.0. The van der Waals surface area contributed by atoms with Crippen molar-refractivity contribution in [3.8, 4) is 0 Å².